The van der Waals surface area contributed by atoms with Crippen LogP contribution in [0.25, 0.3) is 0 Å². The van der Waals surface area contributed by atoms with Gasteiger partial charge in [-0.3, -0.25) is 4.98 Å². The first-order chi connectivity index (χ1) is 8.18. The number of imidazole rings is 1. The van der Waals surface area contributed by atoms with Gasteiger partial charge < -0.3 is 14.4 Å². The molecule has 88 valence electrons. The zero-order valence-electron chi connectivity index (χ0n) is 9.20. The number of aromatic nitrogens is 3. The second kappa shape index (κ2) is 4.65. The van der Waals surface area contributed by atoms with Gasteiger partial charge in [-0.15, -0.1) is 0 Å². The molecule has 0 amide bonds. The van der Waals surface area contributed by atoms with E-state index in [9.17, 15) is 4.79 Å². The van der Waals surface area contributed by atoms with E-state index in [4.69, 9.17) is 9.84 Å². The molecule has 0 spiro atoms. The Bertz CT molecular complexity index is 522. The third-order valence-corrected chi connectivity index (χ3v) is 2.30. The number of ether oxygens (including phenoxy) is 1. The van der Waals surface area contributed by atoms with E-state index >= 15 is 0 Å². The van der Waals surface area contributed by atoms with Gasteiger partial charge in [0.2, 0.25) is 5.82 Å². The van der Waals surface area contributed by atoms with Crippen LogP contribution in [0.1, 0.15) is 16.3 Å². The summed E-state index contributed by atoms with van der Waals surface area (Å²) in [6.07, 6.45) is 4.73. The first-order valence-corrected chi connectivity index (χ1v) is 4.95. The van der Waals surface area contributed by atoms with Crippen LogP contribution in [-0.4, -0.2) is 25.6 Å². The largest absolute Gasteiger partial charge is 0.486 e. The minimum atomic E-state index is -1.06. The minimum absolute atomic E-state index is 0.00483. The van der Waals surface area contributed by atoms with E-state index in [1.54, 1.807) is 31.6 Å². The summed E-state index contributed by atoms with van der Waals surface area (Å²) in [6, 6.07) is 3.54. The molecule has 0 unspecified atom stereocenters. The fourth-order valence-corrected chi connectivity index (χ4v) is 1.37. The molecule has 0 aromatic carbocycles. The lowest BCUT2D eigenvalue weighted by atomic mass is 10.4. The number of hydrogen-bond acceptors (Lipinski definition) is 4. The molecule has 2 aromatic rings. The number of nitrogens with zero attached hydrogens (tertiary/aromatic N) is 3. The van der Waals surface area contributed by atoms with Crippen molar-refractivity contribution in [1.29, 1.82) is 0 Å². The van der Waals surface area contributed by atoms with Crippen molar-refractivity contribution < 1.29 is 14.6 Å². The van der Waals surface area contributed by atoms with Crippen molar-refractivity contribution >= 4 is 5.97 Å². The maximum absolute atomic E-state index is 10.8. The molecule has 0 saturated carbocycles. The Morgan fingerprint density at radius 2 is 2.35 bits per heavy atom. The van der Waals surface area contributed by atoms with Crippen molar-refractivity contribution in [3.05, 3.63) is 42.2 Å². The molecule has 0 radical (unpaired) electrons. The maximum Gasteiger partial charge on any atom is 0.372 e. The van der Waals surface area contributed by atoms with E-state index in [2.05, 4.69) is 9.97 Å². The van der Waals surface area contributed by atoms with Gasteiger partial charge in [0.25, 0.3) is 0 Å². The monoisotopic (exact) mass is 233 g/mol. The van der Waals surface area contributed by atoms with E-state index in [1.807, 2.05) is 0 Å². The Hall–Kier alpha value is -2.37. The highest BCUT2D eigenvalue weighted by Gasteiger charge is 2.12. The lowest BCUT2D eigenvalue weighted by Gasteiger charge is -2.06. The van der Waals surface area contributed by atoms with Gasteiger partial charge in [0.05, 0.1) is 18.1 Å². The first kappa shape index (κ1) is 11.1. The van der Waals surface area contributed by atoms with Crippen molar-refractivity contribution in [1.82, 2.24) is 14.5 Å². The zero-order chi connectivity index (χ0) is 12.3. The van der Waals surface area contributed by atoms with Gasteiger partial charge in [0.1, 0.15) is 12.4 Å². The van der Waals surface area contributed by atoms with E-state index < -0.39 is 5.97 Å². The predicted molar refractivity (Wildman–Crippen MR) is 58.7 cm³/mol. The van der Waals surface area contributed by atoms with Gasteiger partial charge in [0, 0.05) is 13.2 Å². The van der Waals surface area contributed by atoms with Gasteiger partial charge in [-0.1, -0.05) is 0 Å². The fraction of sp³-hybridized carbons (Fsp3) is 0.182. The summed E-state index contributed by atoms with van der Waals surface area (Å²) in [5.74, 6) is -0.430. The molecular formula is C11H11N3O3. The molecule has 6 nitrogen and oxygen atoms in total. The van der Waals surface area contributed by atoms with Gasteiger partial charge in [-0.25, -0.2) is 9.78 Å². The van der Waals surface area contributed by atoms with Crippen molar-refractivity contribution in [3.8, 4) is 5.75 Å². The first-order valence-electron chi connectivity index (χ1n) is 4.95. The van der Waals surface area contributed by atoms with Crippen LogP contribution in [-0.2, 0) is 13.7 Å². The summed E-state index contributed by atoms with van der Waals surface area (Å²) in [7, 11) is 1.64. The SMILES string of the molecule is Cn1c(COc2cccnc2)cnc1C(=O)O. The molecular weight excluding hydrogens is 222 g/mol. The molecule has 0 aliphatic carbocycles. The number of hydrogen-bond donors (Lipinski definition) is 1. The average Bonchev–Trinajstić information content (AvgIpc) is 2.69. The molecule has 17 heavy (non-hydrogen) atoms. The van der Waals surface area contributed by atoms with Crippen LogP contribution in [0.5, 0.6) is 5.75 Å². The molecule has 2 rings (SSSR count). The van der Waals surface area contributed by atoms with Crippen LogP contribution in [0, 0.1) is 0 Å². The van der Waals surface area contributed by atoms with Crippen molar-refractivity contribution in [2.75, 3.05) is 0 Å². The summed E-state index contributed by atoms with van der Waals surface area (Å²) >= 11 is 0. The second-order valence-corrected chi connectivity index (χ2v) is 3.41. The number of aromatic carboxylic acids is 1. The standard InChI is InChI=1S/C11H11N3O3/c1-14-8(5-13-10(14)11(15)16)7-17-9-3-2-4-12-6-9/h2-6H,7H2,1H3,(H,15,16). The number of rotatable bonds is 4. The van der Waals surface area contributed by atoms with Crippen molar-refractivity contribution in [3.63, 3.8) is 0 Å². The Balaban J connectivity index is 2.07. The van der Waals surface area contributed by atoms with Crippen LogP contribution in [0.3, 0.4) is 0 Å². The number of carbonyl (C=O) groups is 1. The topological polar surface area (TPSA) is 77.2 Å². The highest BCUT2D eigenvalue weighted by atomic mass is 16.5. The van der Waals surface area contributed by atoms with Crippen molar-refractivity contribution in [2.24, 2.45) is 7.05 Å². The zero-order valence-corrected chi connectivity index (χ0v) is 9.20. The molecule has 6 heteroatoms. The van der Waals surface area contributed by atoms with Gasteiger partial charge in [-0.05, 0) is 12.1 Å². The molecule has 2 aromatic heterocycles. The summed E-state index contributed by atoms with van der Waals surface area (Å²) in [4.78, 5) is 18.5. The Labute approximate surface area is 97.5 Å². The average molecular weight is 233 g/mol. The number of carboxylic acids is 1. The van der Waals surface area contributed by atoms with Gasteiger partial charge in [0.15, 0.2) is 0 Å². The lowest BCUT2D eigenvalue weighted by molar-refractivity contribution is 0.0679. The van der Waals surface area contributed by atoms with Gasteiger partial charge >= 0.3 is 5.97 Å². The van der Waals surface area contributed by atoms with Crippen LogP contribution in [0.2, 0.25) is 0 Å². The third-order valence-electron chi connectivity index (χ3n) is 2.30. The Morgan fingerprint density at radius 1 is 1.53 bits per heavy atom. The van der Waals surface area contributed by atoms with E-state index in [0.29, 0.717) is 11.4 Å². The highest BCUT2D eigenvalue weighted by Crippen LogP contribution is 2.10. The third kappa shape index (κ3) is 2.41. The van der Waals surface area contributed by atoms with Gasteiger partial charge in [-0.2, -0.15) is 0 Å². The lowest BCUT2D eigenvalue weighted by Crippen LogP contribution is -2.09. The Morgan fingerprint density at radius 3 is 2.94 bits per heavy atom. The van der Waals surface area contributed by atoms with E-state index in [-0.39, 0.29) is 12.4 Å². The second-order valence-electron chi connectivity index (χ2n) is 3.41. The molecule has 0 aliphatic heterocycles. The summed E-state index contributed by atoms with van der Waals surface area (Å²) in [6.45, 7) is 0.252. The normalized spacial score (nSPS) is 10.2. The van der Waals surface area contributed by atoms with E-state index in [1.165, 1.54) is 10.8 Å². The van der Waals surface area contributed by atoms with Crippen LogP contribution >= 0.6 is 0 Å². The molecule has 0 atom stereocenters. The summed E-state index contributed by atoms with van der Waals surface area (Å²) in [5, 5.41) is 8.83. The minimum Gasteiger partial charge on any atom is -0.486 e. The number of carboxylic acid groups (broad SMARTS) is 1. The predicted octanol–water partition coefficient (Wildman–Crippen LogP) is 1.09. The quantitative estimate of drug-likeness (QED) is 0.855. The molecule has 0 bridgehead atoms. The molecule has 2 heterocycles. The Kier molecular flexibility index (Phi) is 3.04. The molecule has 0 saturated heterocycles. The maximum atomic E-state index is 10.8. The van der Waals surface area contributed by atoms with Crippen molar-refractivity contribution in [2.45, 2.75) is 6.61 Å². The summed E-state index contributed by atoms with van der Waals surface area (Å²) < 4.78 is 6.93. The summed E-state index contributed by atoms with van der Waals surface area (Å²) in [5.41, 5.74) is 0.686. The van der Waals surface area contributed by atoms with Crippen LogP contribution < -0.4 is 4.74 Å². The molecule has 0 fully saturated rings. The number of pyridine rings is 1. The fourth-order valence-electron chi connectivity index (χ4n) is 1.37. The smallest absolute Gasteiger partial charge is 0.372 e. The van der Waals surface area contributed by atoms with Crippen LogP contribution in [0.15, 0.2) is 30.7 Å². The van der Waals surface area contributed by atoms with E-state index in [0.717, 1.165) is 0 Å². The molecule has 0 aliphatic rings. The highest BCUT2D eigenvalue weighted by molar-refractivity contribution is 5.83. The molecule has 1 N–H and O–H groups in total. The van der Waals surface area contributed by atoms with Crippen LogP contribution in [0.4, 0.5) is 0 Å².